The van der Waals surface area contributed by atoms with Crippen molar-refractivity contribution in [2.75, 3.05) is 32.8 Å². The van der Waals surface area contributed by atoms with Crippen molar-refractivity contribution in [3.05, 3.63) is 0 Å². The molecule has 0 bridgehead atoms. The van der Waals surface area contributed by atoms with Crippen LogP contribution in [0, 0.1) is 0 Å². The lowest BCUT2D eigenvalue weighted by atomic mass is 10.2. The van der Waals surface area contributed by atoms with E-state index >= 15 is 0 Å². The minimum atomic E-state index is -0.141. The fourth-order valence-electron chi connectivity index (χ4n) is 2.28. The van der Waals surface area contributed by atoms with Gasteiger partial charge in [-0.05, 0) is 20.3 Å². The van der Waals surface area contributed by atoms with Gasteiger partial charge < -0.3 is 9.64 Å². The van der Waals surface area contributed by atoms with Crippen LogP contribution in [-0.4, -0.2) is 60.5 Å². The number of rotatable bonds is 4. The van der Waals surface area contributed by atoms with Crippen LogP contribution in [0.3, 0.4) is 0 Å². The molecule has 5 nitrogen and oxygen atoms in total. The van der Waals surface area contributed by atoms with E-state index in [1.165, 1.54) is 0 Å². The molecule has 5 heteroatoms. The van der Waals surface area contributed by atoms with E-state index < -0.39 is 0 Å². The van der Waals surface area contributed by atoms with E-state index in [1.807, 2.05) is 18.7 Å². The average Bonchev–Trinajstić information content (AvgIpc) is 2.54. The van der Waals surface area contributed by atoms with E-state index in [1.54, 1.807) is 6.92 Å². The summed E-state index contributed by atoms with van der Waals surface area (Å²) in [6, 6.07) is 0.177. The summed E-state index contributed by atoms with van der Waals surface area (Å²) in [5.74, 6) is -0.00688. The molecule has 0 aliphatic carbocycles. The normalized spacial score (nSPS) is 19.2. The Balaban J connectivity index is 2.42. The van der Waals surface area contributed by atoms with Gasteiger partial charge in [0.2, 0.25) is 5.91 Å². The number of carbonyl (C=O) groups excluding carboxylic acids is 2. The van der Waals surface area contributed by atoms with Gasteiger partial charge in [0, 0.05) is 39.1 Å². The van der Waals surface area contributed by atoms with E-state index in [0.29, 0.717) is 13.0 Å². The van der Waals surface area contributed by atoms with E-state index in [-0.39, 0.29) is 17.9 Å². The van der Waals surface area contributed by atoms with Crippen LogP contribution >= 0.6 is 0 Å². The number of carbonyl (C=O) groups is 2. The molecule has 0 aromatic heterocycles. The van der Waals surface area contributed by atoms with Gasteiger partial charge in [0.25, 0.3) is 0 Å². The van der Waals surface area contributed by atoms with Crippen LogP contribution < -0.4 is 0 Å². The number of nitrogens with zero attached hydrogens (tertiary/aromatic N) is 2. The number of ether oxygens (including phenoxy) is 1. The van der Waals surface area contributed by atoms with E-state index in [0.717, 1.165) is 32.6 Å². The molecule has 1 saturated heterocycles. The minimum absolute atomic E-state index is 0.134. The van der Waals surface area contributed by atoms with Gasteiger partial charge in [-0.2, -0.15) is 0 Å². The second kappa shape index (κ2) is 7.36. The van der Waals surface area contributed by atoms with Gasteiger partial charge in [-0.15, -0.1) is 0 Å². The lowest BCUT2D eigenvalue weighted by Crippen LogP contribution is -2.39. The third kappa shape index (κ3) is 4.64. The minimum Gasteiger partial charge on any atom is -0.466 e. The second-order valence-electron chi connectivity index (χ2n) is 4.75. The van der Waals surface area contributed by atoms with Crippen molar-refractivity contribution < 1.29 is 14.3 Å². The molecule has 18 heavy (non-hydrogen) atoms. The Labute approximate surface area is 109 Å². The molecule has 104 valence electrons. The van der Waals surface area contributed by atoms with Gasteiger partial charge in [0.05, 0.1) is 13.0 Å². The van der Waals surface area contributed by atoms with E-state index in [9.17, 15) is 9.59 Å². The fourth-order valence-corrected chi connectivity index (χ4v) is 2.28. The summed E-state index contributed by atoms with van der Waals surface area (Å²) in [5.41, 5.74) is 0. The molecule has 0 saturated carbocycles. The van der Waals surface area contributed by atoms with Crippen molar-refractivity contribution in [3.63, 3.8) is 0 Å². The van der Waals surface area contributed by atoms with Crippen molar-refractivity contribution >= 4 is 11.9 Å². The molecule has 1 aliphatic heterocycles. The Bertz CT molecular complexity index is 294. The molecule has 0 spiro atoms. The predicted molar refractivity (Wildman–Crippen MR) is 69.2 cm³/mol. The Kier molecular flexibility index (Phi) is 6.12. The molecule has 1 atom stereocenters. The summed E-state index contributed by atoms with van der Waals surface area (Å²) < 4.78 is 4.96. The molecule has 0 N–H and O–H groups in total. The standard InChI is InChI=1S/C13H24N2O3/c1-4-18-13(17)10-11(2)14-6-5-7-15(9-8-14)12(3)16/h11H,4-10H2,1-3H3. The molecule has 1 rings (SSSR count). The molecule has 0 radical (unpaired) electrons. The van der Waals surface area contributed by atoms with Crippen LogP contribution in [0.1, 0.15) is 33.6 Å². The predicted octanol–water partition coefficient (Wildman–Crippen LogP) is 0.882. The van der Waals surface area contributed by atoms with Crippen LogP contribution in [0.4, 0.5) is 0 Å². The summed E-state index contributed by atoms with van der Waals surface area (Å²) in [6.07, 6.45) is 1.39. The topological polar surface area (TPSA) is 49.9 Å². The van der Waals surface area contributed by atoms with Crippen molar-refractivity contribution in [2.24, 2.45) is 0 Å². The number of amides is 1. The molecule has 1 heterocycles. The maximum absolute atomic E-state index is 11.4. The van der Waals surface area contributed by atoms with Crippen molar-refractivity contribution in [3.8, 4) is 0 Å². The van der Waals surface area contributed by atoms with Crippen LogP contribution in [0.2, 0.25) is 0 Å². The Morgan fingerprint density at radius 1 is 1.22 bits per heavy atom. The van der Waals surface area contributed by atoms with Gasteiger partial charge in [-0.25, -0.2) is 0 Å². The first kappa shape index (κ1) is 15.0. The average molecular weight is 256 g/mol. The zero-order chi connectivity index (χ0) is 13.5. The van der Waals surface area contributed by atoms with Gasteiger partial charge >= 0.3 is 5.97 Å². The SMILES string of the molecule is CCOC(=O)CC(C)N1CCCN(C(C)=O)CC1. The Hall–Kier alpha value is -1.10. The summed E-state index contributed by atoms with van der Waals surface area (Å²) in [6.45, 7) is 9.24. The van der Waals surface area contributed by atoms with Crippen LogP contribution in [0.5, 0.6) is 0 Å². The Morgan fingerprint density at radius 3 is 2.56 bits per heavy atom. The molecule has 1 aliphatic rings. The van der Waals surface area contributed by atoms with Gasteiger partial charge in [-0.3, -0.25) is 14.5 Å². The highest BCUT2D eigenvalue weighted by molar-refractivity contribution is 5.73. The molecule has 1 unspecified atom stereocenters. The zero-order valence-corrected chi connectivity index (χ0v) is 11.6. The summed E-state index contributed by atoms with van der Waals surface area (Å²) in [5, 5.41) is 0. The van der Waals surface area contributed by atoms with Crippen LogP contribution in [-0.2, 0) is 14.3 Å². The summed E-state index contributed by atoms with van der Waals surface area (Å²) in [7, 11) is 0. The van der Waals surface area contributed by atoms with Crippen LogP contribution in [0.15, 0.2) is 0 Å². The van der Waals surface area contributed by atoms with Gasteiger partial charge in [0.15, 0.2) is 0 Å². The number of hydrogen-bond donors (Lipinski definition) is 0. The van der Waals surface area contributed by atoms with Gasteiger partial charge in [0.1, 0.15) is 0 Å². The molecule has 1 amide bonds. The zero-order valence-electron chi connectivity index (χ0n) is 11.6. The number of esters is 1. The monoisotopic (exact) mass is 256 g/mol. The highest BCUT2D eigenvalue weighted by atomic mass is 16.5. The quantitative estimate of drug-likeness (QED) is 0.701. The second-order valence-corrected chi connectivity index (χ2v) is 4.75. The fraction of sp³-hybridized carbons (Fsp3) is 0.846. The molecular weight excluding hydrogens is 232 g/mol. The van der Waals surface area contributed by atoms with Crippen molar-refractivity contribution in [1.29, 1.82) is 0 Å². The molecule has 0 aromatic carbocycles. The number of hydrogen-bond acceptors (Lipinski definition) is 4. The lowest BCUT2D eigenvalue weighted by Gasteiger charge is -2.27. The van der Waals surface area contributed by atoms with Crippen molar-refractivity contribution in [2.45, 2.75) is 39.7 Å². The first-order chi connectivity index (χ1) is 8.54. The first-order valence-corrected chi connectivity index (χ1v) is 6.69. The smallest absolute Gasteiger partial charge is 0.307 e. The summed E-state index contributed by atoms with van der Waals surface area (Å²) >= 11 is 0. The highest BCUT2D eigenvalue weighted by Crippen LogP contribution is 2.10. The molecule has 0 aromatic rings. The highest BCUT2D eigenvalue weighted by Gasteiger charge is 2.22. The largest absolute Gasteiger partial charge is 0.466 e. The first-order valence-electron chi connectivity index (χ1n) is 6.69. The van der Waals surface area contributed by atoms with Crippen molar-refractivity contribution in [1.82, 2.24) is 9.80 Å². The van der Waals surface area contributed by atoms with E-state index in [2.05, 4.69) is 4.90 Å². The Morgan fingerprint density at radius 2 is 1.94 bits per heavy atom. The van der Waals surface area contributed by atoms with E-state index in [4.69, 9.17) is 4.74 Å². The maximum Gasteiger partial charge on any atom is 0.307 e. The third-order valence-corrected chi connectivity index (χ3v) is 3.37. The van der Waals surface area contributed by atoms with Crippen LogP contribution in [0.25, 0.3) is 0 Å². The molecule has 1 fully saturated rings. The third-order valence-electron chi connectivity index (χ3n) is 3.37. The molecular formula is C13H24N2O3. The lowest BCUT2D eigenvalue weighted by molar-refractivity contribution is -0.144. The summed E-state index contributed by atoms with van der Waals surface area (Å²) in [4.78, 5) is 26.9. The van der Waals surface area contributed by atoms with Gasteiger partial charge in [-0.1, -0.05) is 0 Å². The maximum atomic E-state index is 11.4.